The zero-order valence-corrected chi connectivity index (χ0v) is 12.1. The molecule has 0 bridgehead atoms. The number of hydrogen-bond acceptors (Lipinski definition) is 2. The van der Waals surface area contributed by atoms with Gasteiger partial charge in [0, 0.05) is 5.92 Å². The molecule has 19 heavy (non-hydrogen) atoms. The summed E-state index contributed by atoms with van der Waals surface area (Å²) in [5, 5.41) is 3.63. The van der Waals surface area contributed by atoms with Crippen molar-refractivity contribution < 1.29 is 4.79 Å². The van der Waals surface area contributed by atoms with Crippen LogP contribution in [0.5, 0.6) is 0 Å². The van der Waals surface area contributed by atoms with E-state index in [1.807, 2.05) is 0 Å². The highest BCUT2D eigenvalue weighted by Gasteiger charge is 2.45. The molecule has 0 atom stereocenters. The van der Waals surface area contributed by atoms with Gasteiger partial charge in [-0.2, -0.15) is 0 Å². The quantitative estimate of drug-likeness (QED) is 0.827. The van der Waals surface area contributed by atoms with Crippen molar-refractivity contribution in [3.05, 3.63) is 22.4 Å². The van der Waals surface area contributed by atoms with E-state index in [1.165, 1.54) is 31.9 Å². The summed E-state index contributed by atoms with van der Waals surface area (Å²) in [5.74, 6) is 0.166. The fraction of sp³-hybridized carbons (Fsp3) is 0.571. The number of hydrogen-bond donors (Lipinski definition) is 1. The second-order valence-corrected chi connectivity index (χ2v) is 6.54. The zero-order chi connectivity index (χ0) is 13.5. The fourth-order valence-corrected chi connectivity index (χ4v) is 3.32. The molecule has 1 amide bonds. The van der Waals surface area contributed by atoms with Gasteiger partial charge in [-0.15, -0.1) is 0 Å². The van der Waals surface area contributed by atoms with Gasteiger partial charge in [-0.05, 0) is 50.0 Å². The monoisotopic (exact) mass is 298 g/mol. The number of aromatic nitrogens is 1. The van der Waals surface area contributed by atoms with Crippen molar-refractivity contribution in [2.45, 2.75) is 38.5 Å². The van der Waals surface area contributed by atoms with E-state index in [9.17, 15) is 4.79 Å². The lowest BCUT2D eigenvalue weighted by atomic mass is 9.79. The summed E-state index contributed by atoms with van der Waals surface area (Å²) in [6.07, 6.45) is 8.58. The molecule has 2 aliphatic rings. The van der Waals surface area contributed by atoms with Crippen LogP contribution in [0.4, 0.5) is 5.69 Å². The summed E-state index contributed by atoms with van der Waals surface area (Å²) >= 11 is 11.8. The van der Waals surface area contributed by atoms with Crippen molar-refractivity contribution in [3.63, 3.8) is 0 Å². The molecule has 0 aromatic carbocycles. The van der Waals surface area contributed by atoms with Gasteiger partial charge in [0.15, 0.2) is 0 Å². The molecule has 2 fully saturated rings. The van der Waals surface area contributed by atoms with Gasteiger partial charge in [-0.3, -0.25) is 4.79 Å². The minimum Gasteiger partial charge on any atom is -0.323 e. The minimum absolute atomic E-state index is 0.0570. The Morgan fingerprint density at radius 2 is 1.95 bits per heavy atom. The molecule has 0 aliphatic heterocycles. The Balaban J connectivity index is 1.61. The number of rotatable bonds is 2. The molecule has 0 saturated heterocycles. The Kier molecular flexibility index (Phi) is 3.44. The van der Waals surface area contributed by atoms with Crippen LogP contribution in [0.25, 0.3) is 0 Å². The molecule has 1 aromatic rings. The number of halogens is 2. The predicted molar refractivity (Wildman–Crippen MR) is 76.5 cm³/mol. The molecule has 1 N–H and O–H groups in total. The maximum absolute atomic E-state index is 12.2. The SMILES string of the molecule is O=C(Nc1cnc(Cl)cc1Cl)C1CCC2(CC1)CC2. The number of nitrogens with one attached hydrogen (secondary N) is 1. The number of nitrogens with zero attached hydrogens (tertiary/aromatic N) is 1. The van der Waals surface area contributed by atoms with Crippen molar-refractivity contribution >= 4 is 34.8 Å². The zero-order valence-electron chi connectivity index (χ0n) is 10.6. The van der Waals surface area contributed by atoms with Gasteiger partial charge in [0.25, 0.3) is 0 Å². The Morgan fingerprint density at radius 3 is 2.53 bits per heavy atom. The number of anilines is 1. The topological polar surface area (TPSA) is 42.0 Å². The Hall–Kier alpha value is -0.800. The van der Waals surface area contributed by atoms with Gasteiger partial charge in [-0.1, -0.05) is 23.2 Å². The molecule has 1 heterocycles. The molecule has 2 saturated carbocycles. The number of carbonyl (C=O) groups is 1. The normalized spacial score (nSPS) is 21.4. The molecule has 1 spiro atoms. The number of carbonyl (C=O) groups excluding carboxylic acids is 1. The molecule has 3 nitrogen and oxygen atoms in total. The third-order valence-electron chi connectivity index (χ3n) is 4.45. The Morgan fingerprint density at radius 1 is 1.26 bits per heavy atom. The van der Waals surface area contributed by atoms with Crippen molar-refractivity contribution in [1.82, 2.24) is 4.98 Å². The lowest BCUT2D eigenvalue weighted by Crippen LogP contribution is -2.27. The standard InChI is InChI=1S/C14H16Cl2N2O/c15-10-7-12(16)17-8-11(10)18-13(19)9-1-3-14(4-2-9)5-6-14/h7-9H,1-6H2,(H,18,19). The highest BCUT2D eigenvalue weighted by Crippen LogP contribution is 2.57. The Labute approximate surface area is 122 Å². The van der Waals surface area contributed by atoms with Crippen LogP contribution in [0.2, 0.25) is 10.2 Å². The van der Waals surface area contributed by atoms with E-state index in [4.69, 9.17) is 23.2 Å². The summed E-state index contributed by atoms with van der Waals surface area (Å²) < 4.78 is 0. The van der Waals surface area contributed by atoms with E-state index in [0.717, 1.165) is 12.8 Å². The first-order chi connectivity index (χ1) is 9.08. The first-order valence-electron chi connectivity index (χ1n) is 6.70. The summed E-state index contributed by atoms with van der Waals surface area (Å²) in [6, 6.07) is 1.54. The first kappa shape index (κ1) is 13.2. The summed E-state index contributed by atoms with van der Waals surface area (Å²) in [5.41, 5.74) is 1.15. The van der Waals surface area contributed by atoms with E-state index in [0.29, 0.717) is 21.3 Å². The first-order valence-corrected chi connectivity index (χ1v) is 7.46. The highest BCUT2D eigenvalue weighted by atomic mass is 35.5. The summed E-state index contributed by atoms with van der Waals surface area (Å²) in [6.45, 7) is 0. The lowest BCUT2D eigenvalue weighted by Gasteiger charge is -2.27. The molecular formula is C14H16Cl2N2O. The molecule has 0 unspecified atom stereocenters. The molecule has 1 aromatic heterocycles. The van der Waals surface area contributed by atoms with Gasteiger partial charge >= 0.3 is 0 Å². The smallest absolute Gasteiger partial charge is 0.227 e. The third kappa shape index (κ3) is 2.87. The van der Waals surface area contributed by atoms with Gasteiger partial charge in [0.1, 0.15) is 5.15 Å². The third-order valence-corrected chi connectivity index (χ3v) is 4.97. The van der Waals surface area contributed by atoms with Crippen LogP contribution in [0, 0.1) is 11.3 Å². The van der Waals surface area contributed by atoms with Crippen LogP contribution in [0.3, 0.4) is 0 Å². The van der Waals surface area contributed by atoms with E-state index < -0.39 is 0 Å². The number of amides is 1. The molecule has 0 radical (unpaired) electrons. The molecular weight excluding hydrogens is 283 g/mol. The van der Waals surface area contributed by atoms with E-state index in [2.05, 4.69) is 10.3 Å². The van der Waals surface area contributed by atoms with Crippen molar-refractivity contribution in [3.8, 4) is 0 Å². The molecule has 5 heteroatoms. The van der Waals surface area contributed by atoms with Crippen molar-refractivity contribution in [2.24, 2.45) is 11.3 Å². The van der Waals surface area contributed by atoms with E-state index in [1.54, 1.807) is 6.07 Å². The highest BCUT2D eigenvalue weighted by molar-refractivity contribution is 6.36. The molecule has 2 aliphatic carbocycles. The lowest BCUT2D eigenvalue weighted by molar-refractivity contribution is -0.121. The van der Waals surface area contributed by atoms with Gasteiger partial charge in [0.2, 0.25) is 5.91 Å². The second kappa shape index (κ2) is 4.95. The maximum atomic E-state index is 12.2. The Bertz CT molecular complexity index is 504. The van der Waals surface area contributed by atoms with Crippen LogP contribution < -0.4 is 5.32 Å². The second-order valence-electron chi connectivity index (χ2n) is 5.75. The number of pyridine rings is 1. The van der Waals surface area contributed by atoms with Gasteiger partial charge < -0.3 is 5.32 Å². The van der Waals surface area contributed by atoms with Crippen LogP contribution in [0.1, 0.15) is 38.5 Å². The average molecular weight is 299 g/mol. The minimum atomic E-state index is 0.0570. The average Bonchev–Trinajstić information content (AvgIpc) is 3.13. The molecule has 102 valence electrons. The van der Waals surface area contributed by atoms with Crippen LogP contribution in [-0.2, 0) is 4.79 Å². The largest absolute Gasteiger partial charge is 0.323 e. The van der Waals surface area contributed by atoms with E-state index >= 15 is 0 Å². The van der Waals surface area contributed by atoms with Gasteiger partial charge in [-0.25, -0.2) is 4.98 Å². The van der Waals surface area contributed by atoms with Crippen LogP contribution >= 0.6 is 23.2 Å². The summed E-state index contributed by atoms with van der Waals surface area (Å²) in [7, 11) is 0. The van der Waals surface area contributed by atoms with Crippen molar-refractivity contribution in [2.75, 3.05) is 5.32 Å². The summed E-state index contributed by atoms with van der Waals surface area (Å²) in [4.78, 5) is 16.1. The van der Waals surface area contributed by atoms with Gasteiger partial charge in [0.05, 0.1) is 16.9 Å². The van der Waals surface area contributed by atoms with Crippen molar-refractivity contribution in [1.29, 1.82) is 0 Å². The van der Waals surface area contributed by atoms with E-state index in [-0.39, 0.29) is 11.8 Å². The molecule has 3 rings (SSSR count). The van der Waals surface area contributed by atoms with Crippen LogP contribution in [0.15, 0.2) is 12.3 Å². The fourth-order valence-electron chi connectivity index (χ4n) is 2.90. The maximum Gasteiger partial charge on any atom is 0.227 e. The predicted octanol–water partition coefficient (Wildman–Crippen LogP) is 4.30. The van der Waals surface area contributed by atoms with Crippen LogP contribution in [-0.4, -0.2) is 10.9 Å².